The molecule has 0 aromatic carbocycles. The Hall–Kier alpha value is -1.84. The van der Waals surface area contributed by atoms with Gasteiger partial charge in [0.05, 0.1) is 7.11 Å². The number of carbonyl (C=O) groups excluding carboxylic acids is 2. The number of methoxy groups -OCH3 is 1. The van der Waals surface area contributed by atoms with Crippen LogP contribution in [0.4, 0.5) is 0 Å². The molecule has 1 aliphatic rings. The van der Waals surface area contributed by atoms with E-state index in [0.717, 1.165) is 0 Å². The lowest BCUT2D eigenvalue weighted by atomic mass is 10.2. The van der Waals surface area contributed by atoms with E-state index in [4.69, 9.17) is 0 Å². The highest BCUT2D eigenvalue weighted by Crippen LogP contribution is 1.89. The number of Topliss-reactive ketones (excluding diaryl/α,β-unsaturated/α-hetero) is 1. The highest BCUT2D eigenvalue weighted by molar-refractivity contribution is 5.95. The van der Waals surface area contributed by atoms with Gasteiger partial charge in [-0.05, 0) is 12.2 Å². The summed E-state index contributed by atoms with van der Waals surface area (Å²) in [6.45, 7) is 1.71. The number of ketones is 1. The monoisotopic (exact) mass is 223 g/mol. The minimum absolute atomic E-state index is 0.0816. The molecule has 0 bridgehead atoms. The molecule has 1 heterocycles. The van der Waals surface area contributed by atoms with Crippen molar-refractivity contribution in [3.8, 4) is 0 Å². The van der Waals surface area contributed by atoms with Gasteiger partial charge in [0, 0.05) is 18.8 Å². The van der Waals surface area contributed by atoms with Crippen LogP contribution in [0.2, 0.25) is 0 Å². The number of rotatable bonds is 3. The van der Waals surface area contributed by atoms with Gasteiger partial charge in [-0.15, -0.1) is 0 Å². The van der Waals surface area contributed by atoms with Crippen molar-refractivity contribution in [1.29, 1.82) is 0 Å². The first-order valence-electron chi connectivity index (χ1n) is 5.03. The van der Waals surface area contributed by atoms with Crippen LogP contribution in [0.15, 0.2) is 36.7 Å². The van der Waals surface area contributed by atoms with Gasteiger partial charge in [-0.25, -0.2) is 0 Å². The first kappa shape index (κ1) is 14.2. The summed E-state index contributed by atoms with van der Waals surface area (Å²) in [6, 6.07) is 0. The fourth-order valence-electron chi connectivity index (χ4n) is 0.764. The quantitative estimate of drug-likeness (QED) is 0.584. The van der Waals surface area contributed by atoms with Gasteiger partial charge in [-0.3, -0.25) is 9.59 Å². The van der Waals surface area contributed by atoms with Gasteiger partial charge in [0.25, 0.3) is 0 Å². The van der Waals surface area contributed by atoms with E-state index in [1.54, 1.807) is 6.92 Å². The lowest BCUT2D eigenvalue weighted by molar-refractivity contribution is -0.143. The standard InChI is InChI=1S/C6H7N.C6H10O3/c1-2-4-6-7-5-3-1;1-3-5(7)4-6(8)9-2/h1-7H;3-4H2,1-2H3. The number of nitrogens with one attached hydrogen (secondary N) is 1. The summed E-state index contributed by atoms with van der Waals surface area (Å²) in [5.74, 6) is -0.538. The molecule has 0 amide bonds. The summed E-state index contributed by atoms with van der Waals surface area (Å²) < 4.78 is 4.26. The molecule has 0 aromatic heterocycles. The first-order chi connectivity index (χ1) is 7.70. The molecular formula is C12H17NO3. The van der Waals surface area contributed by atoms with Crippen LogP contribution in [0, 0.1) is 0 Å². The van der Waals surface area contributed by atoms with Crippen LogP contribution in [0.25, 0.3) is 0 Å². The average molecular weight is 223 g/mol. The molecule has 0 aliphatic carbocycles. The third-order valence-electron chi connectivity index (χ3n) is 1.68. The highest BCUT2D eigenvalue weighted by Gasteiger charge is 2.05. The maximum atomic E-state index is 10.5. The number of ether oxygens (including phenoxy) is 1. The van der Waals surface area contributed by atoms with Gasteiger partial charge in [0.1, 0.15) is 12.2 Å². The minimum Gasteiger partial charge on any atom is -0.469 e. The van der Waals surface area contributed by atoms with E-state index in [1.165, 1.54) is 7.11 Å². The number of esters is 1. The average Bonchev–Trinajstić information content (AvgIpc) is 2.61. The summed E-state index contributed by atoms with van der Waals surface area (Å²) in [5.41, 5.74) is 0. The van der Waals surface area contributed by atoms with Crippen molar-refractivity contribution in [2.75, 3.05) is 7.11 Å². The van der Waals surface area contributed by atoms with Gasteiger partial charge >= 0.3 is 5.97 Å². The van der Waals surface area contributed by atoms with Crippen LogP contribution in [-0.4, -0.2) is 18.9 Å². The fraction of sp³-hybridized carbons (Fsp3) is 0.333. The van der Waals surface area contributed by atoms with Crippen molar-refractivity contribution >= 4 is 11.8 Å². The van der Waals surface area contributed by atoms with E-state index in [0.29, 0.717) is 6.42 Å². The summed E-state index contributed by atoms with van der Waals surface area (Å²) in [6.07, 6.45) is 11.9. The third-order valence-corrected chi connectivity index (χ3v) is 1.68. The molecule has 0 fully saturated rings. The lowest BCUT2D eigenvalue weighted by Crippen LogP contribution is -2.07. The normalized spacial score (nSPS) is 11.9. The zero-order valence-electron chi connectivity index (χ0n) is 9.60. The van der Waals surface area contributed by atoms with Gasteiger partial charge in [-0.1, -0.05) is 19.1 Å². The molecule has 0 saturated carbocycles. The van der Waals surface area contributed by atoms with Crippen molar-refractivity contribution in [3.63, 3.8) is 0 Å². The first-order valence-corrected chi connectivity index (χ1v) is 5.03. The number of carbonyl (C=O) groups is 2. The van der Waals surface area contributed by atoms with E-state index < -0.39 is 5.97 Å². The van der Waals surface area contributed by atoms with Crippen LogP contribution in [0.3, 0.4) is 0 Å². The Labute approximate surface area is 95.7 Å². The summed E-state index contributed by atoms with van der Waals surface area (Å²) in [4.78, 5) is 20.8. The topological polar surface area (TPSA) is 55.4 Å². The Balaban J connectivity index is 0.000000288. The predicted octanol–water partition coefficient (Wildman–Crippen LogP) is 1.70. The fourth-order valence-corrected chi connectivity index (χ4v) is 0.764. The van der Waals surface area contributed by atoms with Crippen LogP contribution in [-0.2, 0) is 14.3 Å². The van der Waals surface area contributed by atoms with Gasteiger partial charge < -0.3 is 10.1 Å². The molecule has 0 aromatic rings. The zero-order valence-corrected chi connectivity index (χ0v) is 9.60. The summed E-state index contributed by atoms with van der Waals surface area (Å²) in [5, 5.41) is 2.92. The largest absolute Gasteiger partial charge is 0.469 e. The van der Waals surface area contributed by atoms with Crippen molar-refractivity contribution in [3.05, 3.63) is 36.7 Å². The van der Waals surface area contributed by atoms with E-state index >= 15 is 0 Å². The van der Waals surface area contributed by atoms with Crippen LogP contribution >= 0.6 is 0 Å². The predicted molar refractivity (Wildman–Crippen MR) is 62.5 cm³/mol. The van der Waals surface area contributed by atoms with E-state index in [9.17, 15) is 9.59 Å². The van der Waals surface area contributed by atoms with Crippen LogP contribution in [0.1, 0.15) is 19.8 Å². The Morgan fingerprint density at radius 2 is 1.69 bits per heavy atom. The molecule has 88 valence electrons. The van der Waals surface area contributed by atoms with Crippen molar-refractivity contribution in [1.82, 2.24) is 5.32 Å². The Kier molecular flexibility index (Phi) is 8.59. The van der Waals surface area contributed by atoms with Crippen LogP contribution < -0.4 is 5.32 Å². The molecular weight excluding hydrogens is 206 g/mol. The Morgan fingerprint density at radius 1 is 1.12 bits per heavy atom. The molecule has 0 unspecified atom stereocenters. The number of hydrogen-bond donors (Lipinski definition) is 1. The van der Waals surface area contributed by atoms with Gasteiger partial charge in [0.15, 0.2) is 0 Å². The third kappa shape index (κ3) is 8.74. The Bertz CT molecular complexity index is 275. The van der Waals surface area contributed by atoms with Crippen molar-refractivity contribution in [2.45, 2.75) is 19.8 Å². The van der Waals surface area contributed by atoms with E-state index in [1.807, 2.05) is 36.7 Å². The van der Waals surface area contributed by atoms with Crippen LogP contribution in [0.5, 0.6) is 0 Å². The summed E-state index contributed by atoms with van der Waals surface area (Å²) >= 11 is 0. The Morgan fingerprint density at radius 3 is 2.12 bits per heavy atom. The molecule has 16 heavy (non-hydrogen) atoms. The molecule has 0 saturated heterocycles. The zero-order chi connectivity index (χ0) is 12.2. The maximum Gasteiger partial charge on any atom is 0.313 e. The second kappa shape index (κ2) is 9.71. The smallest absolute Gasteiger partial charge is 0.313 e. The minimum atomic E-state index is -0.457. The maximum absolute atomic E-state index is 10.5. The lowest BCUT2D eigenvalue weighted by Gasteiger charge is -1.93. The van der Waals surface area contributed by atoms with Crippen molar-refractivity contribution < 1.29 is 14.3 Å². The molecule has 4 heteroatoms. The molecule has 1 aliphatic heterocycles. The molecule has 1 N–H and O–H groups in total. The van der Waals surface area contributed by atoms with E-state index in [-0.39, 0.29) is 12.2 Å². The number of hydrogen-bond acceptors (Lipinski definition) is 4. The molecule has 1 rings (SSSR count). The second-order valence-corrected chi connectivity index (χ2v) is 2.91. The van der Waals surface area contributed by atoms with Crippen molar-refractivity contribution in [2.24, 2.45) is 0 Å². The number of allylic oxidation sites excluding steroid dienone is 4. The van der Waals surface area contributed by atoms with E-state index in [2.05, 4.69) is 10.1 Å². The van der Waals surface area contributed by atoms with Gasteiger partial charge in [0.2, 0.25) is 0 Å². The molecule has 4 nitrogen and oxygen atoms in total. The molecule has 0 spiro atoms. The summed E-state index contributed by atoms with van der Waals surface area (Å²) in [7, 11) is 1.27. The molecule has 0 atom stereocenters. The molecule has 0 radical (unpaired) electrons. The SMILES string of the molecule is C1=CC=CNC=C1.CCC(=O)CC(=O)OC. The second-order valence-electron chi connectivity index (χ2n) is 2.91. The van der Waals surface area contributed by atoms with Gasteiger partial charge in [-0.2, -0.15) is 0 Å². The highest BCUT2D eigenvalue weighted by atomic mass is 16.5.